The van der Waals surface area contributed by atoms with Crippen molar-refractivity contribution in [2.75, 3.05) is 17.7 Å². The Labute approximate surface area is 127 Å². The number of pyridine rings is 1. The minimum absolute atomic E-state index is 0.156. The fraction of sp³-hybridized carbons (Fsp3) is 0.400. The Balaban J connectivity index is 2.47. The van der Waals surface area contributed by atoms with E-state index >= 15 is 0 Å². The average Bonchev–Trinajstić information content (AvgIpc) is 2.42. The van der Waals surface area contributed by atoms with Crippen LogP contribution < -0.4 is 11.1 Å². The number of hydrogen-bond acceptors (Lipinski definition) is 4. The van der Waals surface area contributed by atoms with Crippen molar-refractivity contribution in [1.29, 1.82) is 0 Å². The topological polar surface area (TPSA) is 71.2 Å². The summed E-state index contributed by atoms with van der Waals surface area (Å²) < 4.78 is 0.905. The first-order chi connectivity index (χ1) is 9.49. The molecule has 1 unspecified atom stereocenters. The second kappa shape index (κ2) is 5.97. The van der Waals surface area contributed by atoms with Gasteiger partial charge in [-0.2, -0.15) is 0 Å². The first-order valence-corrected chi connectivity index (χ1v) is 7.51. The maximum atomic E-state index is 9.22. The minimum Gasteiger partial charge on any atom is -0.398 e. The Morgan fingerprint density at radius 1 is 1.45 bits per heavy atom. The first-order valence-electron chi connectivity index (χ1n) is 6.72. The SMILES string of the molecule is CCC(C)(CCO)Nc1ccc(N)c2cc(Br)cnc12. The highest BCUT2D eigenvalue weighted by Crippen LogP contribution is 2.31. The van der Waals surface area contributed by atoms with Crippen LogP contribution >= 0.6 is 15.9 Å². The van der Waals surface area contributed by atoms with Crippen LogP contribution in [0.3, 0.4) is 0 Å². The number of nitrogens with one attached hydrogen (secondary N) is 1. The summed E-state index contributed by atoms with van der Waals surface area (Å²) in [6, 6.07) is 5.80. The Morgan fingerprint density at radius 2 is 2.20 bits per heavy atom. The highest BCUT2D eigenvalue weighted by atomic mass is 79.9. The number of fused-ring (bicyclic) bond motifs is 1. The van der Waals surface area contributed by atoms with Gasteiger partial charge in [0.2, 0.25) is 0 Å². The Kier molecular flexibility index (Phi) is 4.50. The summed E-state index contributed by atoms with van der Waals surface area (Å²) >= 11 is 3.42. The lowest BCUT2D eigenvalue weighted by Gasteiger charge is -2.30. The number of nitrogen functional groups attached to an aromatic ring is 1. The second-order valence-corrected chi connectivity index (χ2v) is 6.18. The fourth-order valence-corrected chi connectivity index (χ4v) is 2.55. The molecule has 1 aromatic carbocycles. The Hall–Kier alpha value is -1.33. The standard InChI is InChI=1S/C15H20BrN3O/c1-3-15(2,6-7-20)19-13-5-4-12(17)11-8-10(16)9-18-14(11)13/h4-5,8-9,19-20H,3,6-7,17H2,1-2H3. The summed E-state index contributed by atoms with van der Waals surface area (Å²) in [5.74, 6) is 0. The number of rotatable bonds is 5. The molecule has 0 saturated carbocycles. The minimum atomic E-state index is -0.160. The lowest BCUT2D eigenvalue weighted by molar-refractivity contribution is 0.252. The molecular weight excluding hydrogens is 318 g/mol. The van der Waals surface area contributed by atoms with Crippen molar-refractivity contribution < 1.29 is 5.11 Å². The van der Waals surface area contributed by atoms with Crippen molar-refractivity contribution in [3.63, 3.8) is 0 Å². The van der Waals surface area contributed by atoms with Gasteiger partial charge in [-0.15, -0.1) is 0 Å². The van der Waals surface area contributed by atoms with Crippen LogP contribution in [-0.4, -0.2) is 22.2 Å². The largest absolute Gasteiger partial charge is 0.398 e. The molecule has 0 amide bonds. The van der Waals surface area contributed by atoms with E-state index in [0.29, 0.717) is 12.1 Å². The number of hydrogen-bond donors (Lipinski definition) is 3. The third kappa shape index (κ3) is 3.04. The van der Waals surface area contributed by atoms with E-state index in [2.05, 4.69) is 40.1 Å². The smallest absolute Gasteiger partial charge is 0.0954 e. The molecule has 0 aliphatic carbocycles. The quantitative estimate of drug-likeness (QED) is 0.729. The van der Waals surface area contributed by atoms with Crippen molar-refractivity contribution >= 4 is 38.2 Å². The van der Waals surface area contributed by atoms with Crippen molar-refractivity contribution in [2.24, 2.45) is 0 Å². The number of benzene rings is 1. The molecule has 1 heterocycles. The van der Waals surface area contributed by atoms with Crippen LogP contribution in [0.1, 0.15) is 26.7 Å². The van der Waals surface area contributed by atoms with E-state index in [9.17, 15) is 5.11 Å². The van der Waals surface area contributed by atoms with E-state index < -0.39 is 0 Å². The molecule has 0 bridgehead atoms. The van der Waals surface area contributed by atoms with Gasteiger partial charge in [-0.3, -0.25) is 4.98 Å². The van der Waals surface area contributed by atoms with Crippen LogP contribution in [0.4, 0.5) is 11.4 Å². The molecule has 0 saturated heterocycles. The van der Waals surface area contributed by atoms with Crippen LogP contribution in [0, 0.1) is 0 Å². The number of anilines is 2. The summed E-state index contributed by atoms with van der Waals surface area (Å²) in [7, 11) is 0. The molecular formula is C15H20BrN3O. The second-order valence-electron chi connectivity index (χ2n) is 5.26. The van der Waals surface area contributed by atoms with Crippen molar-refractivity contribution in [1.82, 2.24) is 4.98 Å². The third-order valence-electron chi connectivity index (χ3n) is 3.73. The monoisotopic (exact) mass is 337 g/mol. The summed E-state index contributed by atoms with van der Waals surface area (Å²) in [4.78, 5) is 4.47. The first kappa shape index (κ1) is 15.1. The highest BCUT2D eigenvalue weighted by Gasteiger charge is 2.22. The molecule has 1 atom stereocenters. The Morgan fingerprint density at radius 3 is 2.85 bits per heavy atom. The van der Waals surface area contributed by atoms with Gasteiger partial charge in [-0.25, -0.2) is 0 Å². The van der Waals surface area contributed by atoms with Gasteiger partial charge >= 0.3 is 0 Å². The van der Waals surface area contributed by atoms with Gasteiger partial charge < -0.3 is 16.2 Å². The number of aliphatic hydroxyl groups is 1. The lowest BCUT2D eigenvalue weighted by atomic mass is 9.94. The fourth-order valence-electron chi connectivity index (χ4n) is 2.22. The molecule has 0 radical (unpaired) electrons. The summed E-state index contributed by atoms with van der Waals surface area (Å²) in [5, 5.41) is 13.6. The maximum Gasteiger partial charge on any atom is 0.0954 e. The lowest BCUT2D eigenvalue weighted by Crippen LogP contribution is -2.35. The summed E-state index contributed by atoms with van der Waals surface area (Å²) in [5.41, 5.74) is 8.36. The van der Waals surface area contributed by atoms with Crippen LogP contribution in [0.25, 0.3) is 10.9 Å². The number of halogens is 1. The molecule has 4 nitrogen and oxygen atoms in total. The molecule has 0 fully saturated rings. The van der Waals surface area contributed by atoms with E-state index in [1.165, 1.54) is 0 Å². The van der Waals surface area contributed by atoms with E-state index in [4.69, 9.17) is 5.73 Å². The average molecular weight is 338 g/mol. The normalized spacial score (nSPS) is 14.2. The van der Waals surface area contributed by atoms with E-state index in [1.807, 2.05) is 18.2 Å². The van der Waals surface area contributed by atoms with Gasteiger partial charge in [-0.1, -0.05) is 6.92 Å². The molecule has 4 N–H and O–H groups in total. The predicted molar refractivity (Wildman–Crippen MR) is 87.9 cm³/mol. The van der Waals surface area contributed by atoms with Gasteiger partial charge in [0.05, 0.1) is 11.2 Å². The zero-order valence-electron chi connectivity index (χ0n) is 11.8. The van der Waals surface area contributed by atoms with Crippen LogP contribution in [0.5, 0.6) is 0 Å². The number of nitrogens with two attached hydrogens (primary N) is 1. The molecule has 5 heteroatoms. The number of aliphatic hydroxyl groups excluding tert-OH is 1. The molecule has 2 aromatic rings. The van der Waals surface area contributed by atoms with E-state index in [1.54, 1.807) is 6.20 Å². The molecule has 20 heavy (non-hydrogen) atoms. The van der Waals surface area contributed by atoms with E-state index in [-0.39, 0.29) is 12.1 Å². The van der Waals surface area contributed by atoms with E-state index in [0.717, 1.165) is 27.5 Å². The van der Waals surface area contributed by atoms with Crippen molar-refractivity contribution in [2.45, 2.75) is 32.2 Å². The number of nitrogens with zero attached hydrogens (tertiary/aromatic N) is 1. The molecule has 0 aliphatic heterocycles. The van der Waals surface area contributed by atoms with Crippen LogP contribution in [0.15, 0.2) is 28.9 Å². The summed E-state index contributed by atoms with van der Waals surface area (Å²) in [6.07, 6.45) is 3.37. The van der Waals surface area contributed by atoms with Gasteiger partial charge in [0.25, 0.3) is 0 Å². The van der Waals surface area contributed by atoms with Gasteiger partial charge in [0.15, 0.2) is 0 Å². The van der Waals surface area contributed by atoms with Crippen LogP contribution in [0.2, 0.25) is 0 Å². The molecule has 1 aromatic heterocycles. The van der Waals surface area contributed by atoms with Gasteiger partial charge in [-0.05, 0) is 53.9 Å². The summed E-state index contributed by atoms with van der Waals surface area (Å²) in [6.45, 7) is 4.36. The zero-order valence-corrected chi connectivity index (χ0v) is 13.4. The predicted octanol–water partition coefficient (Wildman–Crippen LogP) is 3.54. The van der Waals surface area contributed by atoms with Crippen LogP contribution in [-0.2, 0) is 0 Å². The van der Waals surface area contributed by atoms with Gasteiger partial charge in [0, 0.05) is 33.9 Å². The zero-order chi connectivity index (χ0) is 14.8. The number of aromatic nitrogens is 1. The highest BCUT2D eigenvalue weighted by molar-refractivity contribution is 9.10. The molecule has 0 spiro atoms. The third-order valence-corrected chi connectivity index (χ3v) is 4.16. The van der Waals surface area contributed by atoms with Crippen molar-refractivity contribution in [3.05, 3.63) is 28.9 Å². The molecule has 0 aliphatic rings. The Bertz CT molecular complexity index is 617. The maximum absolute atomic E-state index is 9.22. The van der Waals surface area contributed by atoms with Crippen molar-refractivity contribution in [3.8, 4) is 0 Å². The molecule has 2 rings (SSSR count). The molecule has 108 valence electrons. The van der Waals surface area contributed by atoms with Gasteiger partial charge in [0.1, 0.15) is 0 Å².